The van der Waals surface area contributed by atoms with Crippen molar-refractivity contribution < 1.29 is 9.84 Å². The number of ether oxygens (including phenoxy) is 1. The molecule has 1 aliphatic carbocycles. The van der Waals surface area contributed by atoms with Gasteiger partial charge in [0.05, 0.1) is 6.10 Å². The topological polar surface area (TPSA) is 34.4 Å². The van der Waals surface area contributed by atoms with Crippen molar-refractivity contribution in [2.45, 2.75) is 44.8 Å². The first-order chi connectivity index (χ1) is 8.33. The molecule has 0 spiro atoms. The van der Waals surface area contributed by atoms with Crippen LogP contribution in [0.4, 0.5) is 0 Å². The van der Waals surface area contributed by atoms with Crippen LogP contribution < -0.4 is 0 Å². The molecule has 1 aromatic rings. The minimum absolute atomic E-state index is 0.227. The summed E-state index contributed by atoms with van der Waals surface area (Å²) >= 11 is 0. The van der Waals surface area contributed by atoms with E-state index in [2.05, 4.69) is 17.0 Å². The molecule has 1 fully saturated rings. The fourth-order valence-corrected chi connectivity index (χ4v) is 3.06. The van der Waals surface area contributed by atoms with E-state index in [1.54, 1.807) is 0 Å². The molecule has 1 N–H and O–H groups in total. The van der Waals surface area contributed by atoms with Gasteiger partial charge in [0.1, 0.15) is 0 Å². The summed E-state index contributed by atoms with van der Waals surface area (Å²) in [6, 6.07) is 0. The Morgan fingerprint density at radius 1 is 1.24 bits per heavy atom. The van der Waals surface area contributed by atoms with Gasteiger partial charge in [-0.1, -0.05) is 0 Å². The highest BCUT2D eigenvalue weighted by Gasteiger charge is 2.21. The average Bonchev–Trinajstić information content (AvgIpc) is 2.74. The van der Waals surface area contributed by atoms with E-state index >= 15 is 0 Å². The standard InChI is InChI=1S/C14H21NO2/c16-14-3-1-2-12-9-15(10-13(12)14)8-11-4-6-17-7-5-11/h9-11,14,16H,1-8H2. The largest absolute Gasteiger partial charge is 0.388 e. The summed E-state index contributed by atoms with van der Waals surface area (Å²) in [5.74, 6) is 0.745. The number of hydrogen-bond donors (Lipinski definition) is 1. The van der Waals surface area contributed by atoms with Crippen LogP contribution in [0, 0.1) is 5.92 Å². The zero-order chi connectivity index (χ0) is 11.7. The highest BCUT2D eigenvalue weighted by atomic mass is 16.5. The van der Waals surface area contributed by atoms with Gasteiger partial charge in [-0.2, -0.15) is 0 Å². The van der Waals surface area contributed by atoms with Crippen molar-refractivity contribution in [3.8, 4) is 0 Å². The van der Waals surface area contributed by atoms with Gasteiger partial charge in [-0.25, -0.2) is 0 Å². The molecule has 94 valence electrons. The molecule has 3 nitrogen and oxygen atoms in total. The van der Waals surface area contributed by atoms with Gasteiger partial charge in [0.25, 0.3) is 0 Å². The lowest BCUT2D eigenvalue weighted by Gasteiger charge is -2.22. The molecule has 2 heterocycles. The van der Waals surface area contributed by atoms with Crippen molar-refractivity contribution in [3.63, 3.8) is 0 Å². The van der Waals surface area contributed by atoms with E-state index in [0.717, 1.165) is 44.9 Å². The van der Waals surface area contributed by atoms with Gasteiger partial charge in [-0.3, -0.25) is 0 Å². The van der Waals surface area contributed by atoms with Gasteiger partial charge in [-0.05, 0) is 43.6 Å². The van der Waals surface area contributed by atoms with Gasteiger partial charge >= 0.3 is 0 Å². The summed E-state index contributed by atoms with van der Waals surface area (Å²) in [5.41, 5.74) is 2.53. The molecule has 17 heavy (non-hydrogen) atoms. The number of aliphatic hydroxyl groups is 1. The Bertz CT molecular complexity index is 380. The second-order valence-corrected chi connectivity index (χ2v) is 5.40. The van der Waals surface area contributed by atoms with Crippen LogP contribution in [0.3, 0.4) is 0 Å². The van der Waals surface area contributed by atoms with Crippen molar-refractivity contribution in [2.75, 3.05) is 13.2 Å². The predicted octanol–water partition coefficient (Wildman–Crippen LogP) is 2.28. The zero-order valence-corrected chi connectivity index (χ0v) is 10.3. The summed E-state index contributed by atoms with van der Waals surface area (Å²) in [6.07, 6.45) is 9.70. The molecule has 1 aromatic heterocycles. The van der Waals surface area contributed by atoms with Gasteiger partial charge < -0.3 is 14.4 Å². The molecule has 0 radical (unpaired) electrons. The van der Waals surface area contributed by atoms with Crippen LogP contribution in [0.1, 0.15) is 42.9 Å². The van der Waals surface area contributed by atoms with Crippen LogP contribution in [-0.4, -0.2) is 22.9 Å². The highest BCUT2D eigenvalue weighted by Crippen LogP contribution is 2.30. The van der Waals surface area contributed by atoms with Crippen LogP contribution >= 0.6 is 0 Å². The van der Waals surface area contributed by atoms with E-state index in [0.29, 0.717) is 0 Å². The third kappa shape index (κ3) is 2.40. The molecule has 1 saturated heterocycles. The number of hydrogen-bond acceptors (Lipinski definition) is 2. The maximum absolute atomic E-state index is 9.95. The van der Waals surface area contributed by atoms with Gasteiger partial charge in [0, 0.05) is 37.7 Å². The van der Waals surface area contributed by atoms with E-state index < -0.39 is 0 Å². The Morgan fingerprint density at radius 3 is 2.82 bits per heavy atom. The van der Waals surface area contributed by atoms with E-state index in [9.17, 15) is 5.11 Å². The molecule has 0 bridgehead atoms. The van der Waals surface area contributed by atoms with Gasteiger partial charge in [0.2, 0.25) is 0 Å². The Morgan fingerprint density at radius 2 is 2.06 bits per heavy atom. The Kier molecular flexibility index (Phi) is 3.21. The van der Waals surface area contributed by atoms with Crippen molar-refractivity contribution in [2.24, 2.45) is 5.92 Å². The van der Waals surface area contributed by atoms with Crippen molar-refractivity contribution >= 4 is 0 Å². The highest BCUT2D eigenvalue weighted by molar-refractivity contribution is 5.29. The molecule has 0 saturated carbocycles. The lowest BCUT2D eigenvalue weighted by molar-refractivity contribution is 0.0612. The van der Waals surface area contributed by atoms with Crippen molar-refractivity contribution in [1.82, 2.24) is 4.57 Å². The van der Waals surface area contributed by atoms with Crippen molar-refractivity contribution in [3.05, 3.63) is 23.5 Å². The van der Waals surface area contributed by atoms with E-state index in [1.807, 2.05) is 0 Å². The number of rotatable bonds is 2. The molecule has 1 aliphatic heterocycles. The molecule has 0 amide bonds. The van der Waals surface area contributed by atoms with Crippen LogP contribution in [0.25, 0.3) is 0 Å². The fourth-order valence-electron chi connectivity index (χ4n) is 3.06. The quantitative estimate of drug-likeness (QED) is 0.853. The molecule has 1 atom stereocenters. The first-order valence-corrected chi connectivity index (χ1v) is 6.77. The first kappa shape index (κ1) is 11.3. The maximum Gasteiger partial charge on any atom is 0.0807 e. The van der Waals surface area contributed by atoms with Crippen LogP contribution in [0.15, 0.2) is 12.4 Å². The molecule has 3 rings (SSSR count). The molecule has 3 heteroatoms. The second kappa shape index (κ2) is 4.83. The third-order valence-electron chi connectivity index (χ3n) is 4.09. The lowest BCUT2D eigenvalue weighted by atomic mass is 9.93. The van der Waals surface area contributed by atoms with E-state index in [-0.39, 0.29) is 6.10 Å². The Hall–Kier alpha value is -0.800. The Balaban J connectivity index is 1.71. The summed E-state index contributed by atoms with van der Waals surface area (Å²) in [5, 5.41) is 9.95. The first-order valence-electron chi connectivity index (χ1n) is 6.77. The maximum atomic E-state index is 9.95. The van der Waals surface area contributed by atoms with Crippen LogP contribution in [-0.2, 0) is 17.7 Å². The fraction of sp³-hybridized carbons (Fsp3) is 0.714. The average molecular weight is 235 g/mol. The number of aliphatic hydroxyl groups excluding tert-OH is 1. The predicted molar refractivity (Wildman–Crippen MR) is 65.9 cm³/mol. The van der Waals surface area contributed by atoms with Crippen molar-refractivity contribution in [1.29, 1.82) is 0 Å². The summed E-state index contributed by atoms with van der Waals surface area (Å²) < 4.78 is 7.67. The van der Waals surface area contributed by atoms with E-state index in [1.165, 1.54) is 24.0 Å². The van der Waals surface area contributed by atoms with Gasteiger partial charge in [0.15, 0.2) is 0 Å². The van der Waals surface area contributed by atoms with Gasteiger partial charge in [-0.15, -0.1) is 0 Å². The number of aryl methyl sites for hydroxylation is 1. The third-order valence-corrected chi connectivity index (χ3v) is 4.09. The Labute approximate surface area is 102 Å². The number of fused-ring (bicyclic) bond motifs is 1. The molecular weight excluding hydrogens is 214 g/mol. The second-order valence-electron chi connectivity index (χ2n) is 5.40. The minimum Gasteiger partial charge on any atom is -0.388 e. The van der Waals surface area contributed by atoms with Crippen LogP contribution in [0.2, 0.25) is 0 Å². The zero-order valence-electron chi connectivity index (χ0n) is 10.3. The van der Waals surface area contributed by atoms with E-state index in [4.69, 9.17) is 4.74 Å². The molecule has 1 unspecified atom stereocenters. The SMILES string of the molecule is OC1CCCc2cn(CC3CCOCC3)cc21. The monoisotopic (exact) mass is 235 g/mol. The minimum atomic E-state index is -0.227. The number of aromatic nitrogens is 1. The smallest absolute Gasteiger partial charge is 0.0807 e. The molecule has 0 aromatic carbocycles. The lowest BCUT2D eigenvalue weighted by Crippen LogP contribution is -2.19. The summed E-state index contributed by atoms with van der Waals surface area (Å²) in [4.78, 5) is 0. The van der Waals surface area contributed by atoms with Crippen LogP contribution in [0.5, 0.6) is 0 Å². The number of nitrogens with zero attached hydrogens (tertiary/aromatic N) is 1. The normalized spacial score (nSPS) is 25.8. The summed E-state index contributed by atoms with van der Waals surface area (Å²) in [7, 11) is 0. The summed E-state index contributed by atoms with van der Waals surface area (Å²) in [6.45, 7) is 2.91. The molecular formula is C14H21NO2. The molecule has 2 aliphatic rings.